The van der Waals surface area contributed by atoms with Gasteiger partial charge in [-0.3, -0.25) is 4.79 Å². The van der Waals surface area contributed by atoms with Crippen molar-refractivity contribution in [2.75, 3.05) is 26.4 Å². The Morgan fingerprint density at radius 2 is 1.69 bits per heavy atom. The molecule has 2 aromatic carbocycles. The molecule has 0 saturated carbocycles. The number of sulfone groups is 1. The molecule has 0 bridgehead atoms. The fourth-order valence-electron chi connectivity index (χ4n) is 5.53. The SMILES string of the molecule is CC(=O)N[C@@H]1c2ccccc2C[C@@]1(c1ccc(S(C)(=O)=O)cc1)[N+]1(C)CCCC1. The van der Waals surface area contributed by atoms with Gasteiger partial charge in [0.15, 0.2) is 15.4 Å². The maximum Gasteiger partial charge on any atom is 0.217 e. The van der Waals surface area contributed by atoms with E-state index in [4.69, 9.17) is 0 Å². The normalized spacial score (nSPS) is 25.6. The molecule has 1 amide bonds. The first kappa shape index (κ1) is 20.1. The third-order valence-corrected chi connectivity index (χ3v) is 8.08. The number of hydrogen-bond donors (Lipinski definition) is 1. The monoisotopic (exact) mass is 413 g/mol. The Hall–Kier alpha value is -2.18. The maximum atomic E-state index is 12.2. The summed E-state index contributed by atoms with van der Waals surface area (Å²) < 4.78 is 24.8. The summed E-state index contributed by atoms with van der Waals surface area (Å²) in [4.78, 5) is 12.6. The molecule has 2 aliphatic rings. The van der Waals surface area contributed by atoms with Crippen molar-refractivity contribution in [3.05, 3.63) is 65.2 Å². The minimum Gasteiger partial charge on any atom is -0.343 e. The number of amides is 1. The van der Waals surface area contributed by atoms with Crippen LogP contribution in [0.25, 0.3) is 0 Å². The van der Waals surface area contributed by atoms with Gasteiger partial charge in [-0.15, -0.1) is 0 Å². The lowest BCUT2D eigenvalue weighted by atomic mass is 9.79. The number of carbonyl (C=O) groups excluding carboxylic acids is 1. The van der Waals surface area contributed by atoms with Crippen molar-refractivity contribution in [2.24, 2.45) is 0 Å². The first-order valence-electron chi connectivity index (χ1n) is 10.2. The predicted molar refractivity (Wildman–Crippen MR) is 113 cm³/mol. The average molecular weight is 414 g/mol. The van der Waals surface area contributed by atoms with E-state index in [1.165, 1.54) is 17.4 Å². The molecule has 2 aromatic rings. The number of benzene rings is 2. The second-order valence-electron chi connectivity index (χ2n) is 8.78. The molecular weight excluding hydrogens is 384 g/mol. The number of rotatable bonds is 4. The predicted octanol–water partition coefficient (Wildman–Crippen LogP) is 2.96. The quantitative estimate of drug-likeness (QED) is 0.784. The highest BCUT2D eigenvalue weighted by atomic mass is 32.2. The Balaban J connectivity index is 1.94. The van der Waals surface area contributed by atoms with Crippen LogP contribution in [-0.4, -0.2) is 45.2 Å². The number of carbonyl (C=O) groups is 1. The van der Waals surface area contributed by atoms with Gasteiger partial charge < -0.3 is 9.80 Å². The second kappa shape index (κ2) is 6.96. The van der Waals surface area contributed by atoms with Crippen LogP contribution < -0.4 is 5.32 Å². The zero-order valence-electron chi connectivity index (χ0n) is 17.3. The van der Waals surface area contributed by atoms with E-state index in [0.717, 1.165) is 42.4 Å². The van der Waals surface area contributed by atoms with Gasteiger partial charge >= 0.3 is 0 Å². The standard InChI is InChI=1S/C23H28N2O3S/c1-17(26)24-22-21-9-5-4-8-18(21)16-23(22,25(2)14-6-7-15-25)19-10-12-20(13-11-19)29(3,27)28/h4-5,8-13,22H,6-7,14-16H2,1-3H3/p+1/t22-,23+/m1/s1. The van der Waals surface area contributed by atoms with E-state index in [1.807, 2.05) is 18.2 Å². The summed E-state index contributed by atoms with van der Waals surface area (Å²) in [5, 5.41) is 3.26. The fraction of sp³-hybridized carbons (Fsp3) is 0.435. The van der Waals surface area contributed by atoms with Crippen molar-refractivity contribution in [1.29, 1.82) is 0 Å². The van der Waals surface area contributed by atoms with Crippen molar-refractivity contribution in [2.45, 2.75) is 42.7 Å². The van der Waals surface area contributed by atoms with E-state index in [2.05, 4.69) is 30.6 Å². The number of likely N-dealkylation sites (tertiary alicyclic amines) is 1. The molecule has 0 aromatic heterocycles. The fourth-order valence-corrected chi connectivity index (χ4v) is 6.16. The summed E-state index contributed by atoms with van der Waals surface area (Å²) in [6, 6.07) is 15.5. The third kappa shape index (κ3) is 3.19. The molecule has 154 valence electrons. The van der Waals surface area contributed by atoms with E-state index in [9.17, 15) is 13.2 Å². The second-order valence-corrected chi connectivity index (χ2v) is 10.8. The Morgan fingerprint density at radius 3 is 2.28 bits per heavy atom. The van der Waals surface area contributed by atoms with Crippen molar-refractivity contribution in [3.63, 3.8) is 0 Å². The molecule has 1 aliphatic heterocycles. The highest BCUT2D eigenvalue weighted by Gasteiger charge is 2.60. The molecule has 29 heavy (non-hydrogen) atoms. The van der Waals surface area contributed by atoms with E-state index < -0.39 is 9.84 Å². The van der Waals surface area contributed by atoms with Gasteiger partial charge in [-0.05, 0) is 23.3 Å². The number of fused-ring (bicyclic) bond motifs is 1. The molecule has 0 spiro atoms. The van der Waals surface area contributed by atoms with E-state index in [-0.39, 0.29) is 17.5 Å². The third-order valence-electron chi connectivity index (χ3n) is 6.95. The Morgan fingerprint density at radius 1 is 1.07 bits per heavy atom. The van der Waals surface area contributed by atoms with Gasteiger partial charge in [0.25, 0.3) is 0 Å². The molecule has 6 heteroatoms. The number of quaternary nitrogens is 1. The number of nitrogens with one attached hydrogen (secondary N) is 1. The first-order valence-corrected chi connectivity index (χ1v) is 12.1. The summed E-state index contributed by atoms with van der Waals surface area (Å²) in [6.45, 7) is 3.65. The van der Waals surface area contributed by atoms with Gasteiger partial charge in [-0.1, -0.05) is 36.4 Å². The maximum absolute atomic E-state index is 12.2. The molecule has 4 rings (SSSR count). The zero-order valence-corrected chi connectivity index (χ0v) is 18.1. The highest BCUT2D eigenvalue weighted by molar-refractivity contribution is 7.90. The van der Waals surface area contributed by atoms with Gasteiger partial charge in [0, 0.05) is 38.0 Å². The van der Waals surface area contributed by atoms with Crippen LogP contribution in [0.4, 0.5) is 0 Å². The van der Waals surface area contributed by atoms with E-state index >= 15 is 0 Å². The van der Waals surface area contributed by atoms with Crippen LogP contribution in [0.3, 0.4) is 0 Å². The minimum atomic E-state index is -3.26. The average Bonchev–Trinajstić information content (AvgIpc) is 3.25. The first-order chi connectivity index (χ1) is 13.7. The number of likely N-dealkylation sites (N-methyl/N-ethyl adjacent to an activating group) is 1. The Labute approximate surface area is 173 Å². The van der Waals surface area contributed by atoms with E-state index in [0.29, 0.717) is 4.90 Å². The molecule has 1 heterocycles. The van der Waals surface area contributed by atoms with Crippen LogP contribution in [-0.2, 0) is 26.6 Å². The number of nitrogens with zero attached hydrogens (tertiary/aromatic N) is 1. The lowest BCUT2D eigenvalue weighted by molar-refractivity contribution is -0.958. The van der Waals surface area contributed by atoms with Crippen LogP contribution >= 0.6 is 0 Å². The molecule has 0 radical (unpaired) electrons. The van der Waals surface area contributed by atoms with Crippen LogP contribution in [0.2, 0.25) is 0 Å². The largest absolute Gasteiger partial charge is 0.343 e. The smallest absolute Gasteiger partial charge is 0.217 e. The minimum absolute atomic E-state index is 0.0466. The molecule has 1 N–H and O–H groups in total. The van der Waals surface area contributed by atoms with Gasteiger partial charge in [0.2, 0.25) is 5.91 Å². The van der Waals surface area contributed by atoms with Gasteiger partial charge in [-0.2, -0.15) is 0 Å². The van der Waals surface area contributed by atoms with Crippen molar-refractivity contribution < 1.29 is 17.7 Å². The van der Waals surface area contributed by atoms with Crippen LogP contribution in [0.15, 0.2) is 53.4 Å². The highest BCUT2D eigenvalue weighted by Crippen LogP contribution is 2.54. The molecular formula is C23H29N2O3S+. The Kier molecular flexibility index (Phi) is 4.82. The van der Waals surface area contributed by atoms with Gasteiger partial charge in [-0.25, -0.2) is 8.42 Å². The van der Waals surface area contributed by atoms with Crippen LogP contribution in [0.5, 0.6) is 0 Å². The van der Waals surface area contributed by atoms with Gasteiger partial charge in [0.05, 0.1) is 25.0 Å². The molecule has 1 fully saturated rings. The lowest BCUT2D eigenvalue weighted by Gasteiger charge is -2.50. The molecule has 0 unspecified atom stereocenters. The summed E-state index contributed by atoms with van der Waals surface area (Å²) in [7, 11) is -0.968. The number of hydrogen-bond acceptors (Lipinski definition) is 3. The molecule has 5 nitrogen and oxygen atoms in total. The van der Waals surface area contributed by atoms with E-state index in [1.54, 1.807) is 19.1 Å². The summed E-state index contributed by atoms with van der Waals surface area (Å²) in [6.07, 6.45) is 4.37. The summed E-state index contributed by atoms with van der Waals surface area (Å²) in [5.41, 5.74) is 3.15. The van der Waals surface area contributed by atoms with Crippen molar-refractivity contribution in [3.8, 4) is 0 Å². The van der Waals surface area contributed by atoms with Crippen molar-refractivity contribution >= 4 is 15.7 Å². The molecule has 2 atom stereocenters. The van der Waals surface area contributed by atoms with Crippen LogP contribution in [0, 0.1) is 0 Å². The lowest BCUT2D eigenvalue weighted by Crippen LogP contribution is -2.63. The summed E-state index contributed by atoms with van der Waals surface area (Å²) >= 11 is 0. The van der Waals surface area contributed by atoms with Gasteiger partial charge in [0.1, 0.15) is 6.04 Å². The molecule has 1 saturated heterocycles. The summed E-state index contributed by atoms with van der Waals surface area (Å²) in [5.74, 6) is -0.0466. The Bertz CT molecular complexity index is 1040. The zero-order chi connectivity index (χ0) is 20.9. The topological polar surface area (TPSA) is 63.2 Å². The van der Waals surface area contributed by atoms with Crippen molar-refractivity contribution in [1.82, 2.24) is 5.32 Å². The molecule has 1 aliphatic carbocycles. The van der Waals surface area contributed by atoms with Crippen LogP contribution in [0.1, 0.15) is 42.5 Å².